The number of nitrogens with zero attached hydrogens (tertiary/aromatic N) is 6. The molecule has 0 amide bonds. The van der Waals surface area contributed by atoms with E-state index in [1.807, 2.05) is 56.9 Å². The monoisotopic (exact) mass is 366 g/mol. The van der Waals surface area contributed by atoms with Gasteiger partial charge in [0.05, 0.1) is 12.2 Å². The molecule has 0 spiro atoms. The molecule has 8 nitrogen and oxygen atoms in total. The highest BCUT2D eigenvalue weighted by Crippen LogP contribution is 2.17. The predicted molar refractivity (Wildman–Crippen MR) is 107 cm³/mol. The van der Waals surface area contributed by atoms with Crippen molar-refractivity contribution in [3.63, 3.8) is 0 Å². The van der Waals surface area contributed by atoms with E-state index in [4.69, 9.17) is 5.73 Å². The molecular formula is C19H26N8. The highest BCUT2D eigenvalue weighted by molar-refractivity contribution is 5.54. The molecule has 3 aromatic rings. The van der Waals surface area contributed by atoms with Crippen molar-refractivity contribution in [3.05, 3.63) is 52.6 Å². The number of rotatable bonds is 6. The molecule has 8 heteroatoms. The standard InChI is InChI=1S/C19H26N8/c1-12-7-6-8-15(9-12)21-19-23-17(22-18(20)24-19)11-26(4)10-16-13(2)25-27(5)14(16)3/h6-9H,10-11H2,1-5H3,(H3,20,21,22,23,24). The Balaban J connectivity index is 1.73. The van der Waals surface area contributed by atoms with Crippen LogP contribution in [0.4, 0.5) is 17.6 Å². The number of nitrogens with two attached hydrogens (primary N) is 1. The Hall–Kier alpha value is -3.00. The molecule has 0 radical (unpaired) electrons. The lowest BCUT2D eigenvalue weighted by molar-refractivity contribution is 0.309. The van der Waals surface area contributed by atoms with Crippen LogP contribution < -0.4 is 11.1 Å². The minimum atomic E-state index is 0.206. The Morgan fingerprint density at radius 1 is 1.11 bits per heavy atom. The molecule has 0 fully saturated rings. The zero-order valence-corrected chi connectivity index (χ0v) is 16.5. The average Bonchev–Trinajstić information content (AvgIpc) is 2.80. The topological polar surface area (TPSA) is 97.8 Å². The summed E-state index contributed by atoms with van der Waals surface area (Å²) < 4.78 is 1.91. The Morgan fingerprint density at radius 2 is 1.89 bits per heavy atom. The molecule has 3 rings (SSSR count). The maximum Gasteiger partial charge on any atom is 0.232 e. The second kappa shape index (κ2) is 7.71. The minimum Gasteiger partial charge on any atom is -0.368 e. The number of nitrogens with one attached hydrogen (secondary N) is 1. The van der Waals surface area contributed by atoms with Crippen LogP contribution in [0, 0.1) is 20.8 Å². The van der Waals surface area contributed by atoms with Crippen LogP contribution in [0.15, 0.2) is 24.3 Å². The molecule has 0 unspecified atom stereocenters. The Bertz CT molecular complexity index is 947. The fraction of sp³-hybridized carbons (Fsp3) is 0.368. The normalized spacial score (nSPS) is 11.2. The molecule has 27 heavy (non-hydrogen) atoms. The molecule has 2 heterocycles. The maximum absolute atomic E-state index is 5.89. The van der Waals surface area contributed by atoms with Gasteiger partial charge in [-0.1, -0.05) is 12.1 Å². The van der Waals surface area contributed by atoms with Gasteiger partial charge in [0.2, 0.25) is 11.9 Å². The van der Waals surface area contributed by atoms with E-state index >= 15 is 0 Å². The molecule has 142 valence electrons. The zero-order valence-electron chi connectivity index (χ0n) is 16.5. The van der Waals surface area contributed by atoms with E-state index in [-0.39, 0.29) is 5.95 Å². The summed E-state index contributed by atoms with van der Waals surface area (Å²) in [6, 6.07) is 8.01. The van der Waals surface area contributed by atoms with Crippen LogP contribution in [0.5, 0.6) is 0 Å². The lowest BCUT2D eigenvalue weighted by Gasteiger charge is -2.16. The second-order valence-corrected chi connectivity index (χ2v) is 6.87. The number of aromatic nitrogens is 5. The van der Waals surface area contributed by atoms with E-state index < -0.39 is 0 Å². The molecular weight excluding hydrogens is 340 g/mol. The van der Waals surface area contributed by atoms with Gasteiger partial charge in [-0.05, 0) is 45.5 Å². The van der Waals surface area contributed by atoms with Crippen LogP contribution >= 0.6 is 0 Å². The molecule has 1 aromatic carbocycles. The van der Waals surface area contributed by atoms with Gasteiger partial charge in [0.25, 0.3) is 0 Å². The summed E-state index contributed by atoms with van der Waals surface area (Å²) in [6.07, 6.45) is 0. The van der Waals surface area contributed by atoms with Crippen molar-refractivity contribution in [2.45, 2.75) is 33.9 Å². The largest absolute Gasteiger partial charge is 0.368 e. The van der Waals surface area contributed by atoms with Crippen LogP contribution in [0.1, 0.15) is 28.3 Å². The molecule has 0 saturated carbocycles. The lowest BCUT2D eigenvalue weighted by atomic mass is 10.2. The highest BCUT2D eigenvalue weighted by atomic mass is 15.3. The summed E-state index contributed by atoms with van der Waals surface area (Å²) in [4.78, 5) is 15.1. The Kier molecular flexibility index (Phi) is 5.36. The molecule has 0 saturated heterocycles. The lowest BCUT2D eigenvalue weighted by Crippen LogP contribution is -2.21. The van der Waals surface area contributed by atoms with Crippen molar-refractivity contribution >= 4 is 17.6 Å². The summed E-state index contributed by atoms with van der Waals surface area (Å²) in [5, 5.41) is 7.67. The van der Waals surface area contributed by atoms with Gasteiger partial charge in [-0.2, -0.15) is 20.1 Å². The van der Waals surface area contributed by atoms with Crippen molar-refractivity contribution in [2.75, 3.05) is 18.1 Å². The van der Waals surface area contributed by atoms with E-state index in [1.54, 1.807) is 0 Å². The number of aryl methyl sites for hydroxylation is 3. The zero-order chi connectivity index (χ0) is 19.6. The van der Waals surface area contributed by atoms with Crippen molar-refractivity contribution in [2.24, 2.45) is 7.05 Å². The highest BCUT2D eigenvalue weighted by Gasteiger charge is 2.14. The average molecular weight is 366 g/mol. The second-order valence-electron chi connectivity index (χ2n) is 6.87. The molecule has 0 aliphatic carbocycles. The van der Waals surface area contributed by atoms with Gasteiger partial charge in [-0.25, -0.2) is 0 Å². The van der Waals surface area contributed by atoms with E-state index in [0.29, 0.717) is 18.3 Å². The number of benzene rings is 1. The first-order chi connectivity index (χ1) is 12.8. The number of anilines is 3. The van der Waals surface area contributed by atoms with Gasteiger partial charge in [-0.15, -0.1) is 0 Å². The summed E-state index contributed by atoms with van der Waals surface area (Å²) in [7, 11) is 3.99. The van der Waals surface area contributed by atoms with Crippen LogP contribution in [-0.2, 0) is 20.1 Å². The van der Waals surface area contributed by atoms with Crippen LogP contribution in [0.2, 0.25) is 0 Å². The van der Waals surface area contributed by atoms with E-state index in [2.05, 4.69) is 37.2 Å². The Morgan fingerprint density at radius 3 is 2.56 bits per heavy atom. The Labute approximate surface area is 159 Å². The number of nitrogen functional groups attached to an aromatic ring is 1. The number of hydrogen-bond acceptors (Lipinski definition) is 7. The summed E-state index contributed by atoms with van der Waals surface area (Å²) in [6.45, 7) is 7.46. The van der Waals surface area contributed by atoms with Crippen molar-refractivity contribution in [3.8, 4) is 0 Å². The molecule has 0 aliphatic heterocycles. The van der Waals surface area contributed by atoms with E-state index in [0.717, 1.165) is 29.2 Å². The predicted octanol–water partition coefficient (Wildman–Crippen LogP) is 2.49. The quantitative estimate of drug-likeness (QED) is 0.691. The molecule has 2 aromatic heterocycles. The van der Waals surface area contributed by atoms with Gasteiger partial charge in [0.1, 0.15) is 5.82 Å². The van der Waals surface area contributed by atoms with Gasteiger partial charge in [0.15, 0.2) is 0 Å². The molecule has 0 bridgehead atoms. The van der Waals surface area contributed by atoms with E-state index in [1.165, 1.54) is 5.56 Å². The van der Waals surface area contributed by atoms with Gasteiger partial charge in [-0.3, -0.25) is 9.58 Å². The fourth-order valence-electron chi connectivity index (χ4n) is 3.03. The number of hydrogen-bond donors (Lipinski definition) is 2. The first-order valence-corrected chi connectivity index (χ1v) is 8.83. The first-order valence-electron chi connectivity index (χ1n) is 8.83. The molecule has 0 aliphatic rings. The van der Waals surface area contributed by atoms with Crippen LogP contribution in [0.25, 0.3) is 0 Å². The van der Waals surface area contributed by atoms with Gasteiger partial charge >= 0.3 is 0 Å². The SMILES string of the molecule is Cc1cccc(Nc2nc(N)nc(CN(C)Cc3c(C)nn(C)c3C)n2)c1. The first kappa shape index (κ1) is 18.8. The van der Waals surface area contributed by atoms with Crippen LogP contribution in [0.3, 0.4) is 0 Å². The van der Waals surface area contributed by atoms with Crippen molar-refractivity contribution in [1.82, 2.24) is 29.6 Å². The van der Waals surface area contributed by atoms with Crippen LogP contribution in [-0.4, -0.2) is 36.7 Å². The third-order valence-corrected chi connectivity index (χ3v) is 4.47. The van der Waals surface area contributed by atoms with Gasteiger partial charge < -0.3 is 11.1 Å². The van der Waals surface area contributed by atoms with E-state index in [9.17, 15) is 0 Å². The minimum absolute atomic E-state index is 0.206. The smallest absolute Gasteiger partial charge is 0.232 e. The van der Waals surface area contributed by atoms with Crippen molar-refractivity contribution < 1.29 is 0 Å². The molecule has 3 N–H and O–H groups in total. The van der Waals surface area contributed by atoms with Crippen molar-refractivity contribution in [1.29, 1.82) is 0 Å². The fourth-order valence-corrected chi connectivity index (χ4v) is 3.03. The summed E-state index contributed by atoms with van der Waals surface area (Å²) >= 11 is 0. The molecule has 0 atom stereocenters. The summed E-state index contributed by atoms with van der Waals surface area (Å²) in [5.41, 5.74) is 11.4. The third kappa shape index (κ3) is 4.59. The summed E-state index contributed by atoms with van der Waals surface area (Å²) in [5.74, 6) is 1.28. The third-order valence-electron chi connectivity index (χ3n) is 4.47. The maximum atomic E-state index is 5.89. The van der Waals surface area contributed by atoms with Gasteiger partial charge in [0, 0.05) is 30.5 Å².